The number of hydrogen-bond donors (Lipinski definition) is 0. The Morgan fingerprint density at radius 1 is 1.06 bits per heavy atom. The highest BCUT2D eigenvalue weighted by atomic mass is 16.5. The van der Waals surface area contributed by atoms with Gasteiger partial charge in [0.15, 0.2) is 11.5 Å². The van der Waals surface area contributed by atoms with Gasteiger partial charge in [-0.25, -0.2) is 9.79 Å². The van der Waals surface area contributed by atoms with Crippen LogP contribution in [0.25, 0.3) is 11.3 Å². The van der Waals surface area contributed by atoms with E-state index >= 15 is 0 Å². The highest BCUT2D eigenvalue weighted by molar-refractivity contribution is 5.70. The Balaban J connectivity index is 2.01. The molecule has 0 aliphatic carbocycles. The van der Waals surface area contributed by atoms with Crippen LogP contribution in [-0.4, -0.2) is 29.1 Å². The molecule has 0 N–H and O–H groups in total. The average Bonchev–Trinajstić information content (AvgIpc) is 2.78. The maximum atomic E-state index is 13.4. The van der Waals surface area contributed by atoms with Crippen LogP contribution in [0.5, 0.6) is 11.5 Å². The highest BCUT2D eigenvalue weighted by Crippen LogP contribution is 2.37. The molecular formula is C26H29N3O4. The van der Waals surface area contributed by atoms with Gasteiger partial charge in [0.2, 0.25) is 0 Å². The van der Waals surface area contributed by atoms with E-state index in [4.69, 9.17) is 14.5 Å². The second kappa shape index (κ2) is 9.10. The summed E-state index contributed by atoms with van der Waals surface area (Å²) >= 11 is 0. The number of benzene rings is 2. The number of aryl methyl sites for hydroxylation is 4. The molecule has 0 bridgehead atoms. The van der Waals surface area contributed by atoms with Gasteiger partial charge in [0.05, 0.1) is 31.6 Å². The predicted molar refractivity (Wildman–Crippen MR) is 127 cm³/mol. The Kier molecular flexibility index (Phi) is 6.22. The van der Waals surface area contributed by atoms with Crippen molar-refractivity contribution in [2.24, 2.45) is 4.99 Å². The Hall–Kier alpha value is -3.61. The van der Waals surface area contributed by atoms with Gasteiger partial charge in [-0.15, -0.1) is 0 Å². The minimum absolute atomic E-state index is 0.0542. The Bertz CT molecular complexity index is 1340. The van der Waals surface area contributed by atoms with Gasteiger partial charge in [-0.05, 0) is 62.9 Å². The molecule has 0 unspecified atom stereocenters. The van der Waals surface area contributed by atoms with Crippen molar-refractivity contribution >= 4 is 12.0 Å². The lowest BCUT2D eigenvalue weighted by molar-refractivity contribution is -0.108. The lowest BCUT2D eigenvalue weighted by Gasteiger charge is -2.24. The van der Waals surface area contributed by atoms with Crippen molar-refractivity contribution in [3.63, 3.8) is 0 Å². The molecule has 2 aromatic carbocycles. The van der Waals surface area contributed by atoms with Crippen LogP contribution in [0.2, 0.25) is 0 Å². The summed E-state index contributed by atoms with van der Waals surface area (Å²) < 4.78 is 14.4. The summed E-state index contributed by atoms with van der Waals surface area (Å²) in [4.78, 5) is 29.7. The molecule has 0 radical (unpaired) electrons. The molecule has 7 nitrogen and oxygen atoms in total. The van der Waals surface area contributed by atoms with Crippen LogP contribution in [0.3, 0.4) is 0 Å². The molecular weight excluding hydrogens is 418 g/mol. The largest absolute Gasteiger partial charge is 0.493 e. The molecule has 0 atom stereocenters. The van der Waals surface area contributed by atoms with Crippen molar-refractivity contribution < 1.29 is 14.3 Å². The van der Waals surface area contributed by atoms with Crippen molar-refractivity contribution in [2.75, 3.05) is 13.7 Å². The van der Waals surface area contributed by atoms with Crippen LogP contribution in [0.4, 0.5) is 5.69 Å². The maximum absolute atomic E-state index is 13.4. The minimum Gasteiger partial charge on any atom is -0.493 e. The molecule has 3 aromatic rings. The van der Waals surface area contributed by atoms with Gasteiger partial charge < -0.3 is 14.3 Å². The van der Waals surface area contributed by atoms with E-state index in [9.17, 15) is 9.59 Å². The molecule has 33 heavy (non-hydrogen) atoms. The quantitative estimate of drug-likeness (QED) is 0.541. The number of aromatic nitrogens is 2. The van der Waals surface area contributed by atoms with E-state index in [0.717, 1.165) is 45.5 Å². The lowest BCUT2D eigenvalue weighted by Crippen LogP contribution is -2.42. The average molecular weight is 448 g/mol. The van der Waals surface area contributed by atoms with Crippen molar-refractivity contribution in [1.29, 1.82) is 0 Å². The van der Waals surface area contributed by atoms with E-state index in [0.29, 0.717) is 36.6 Å². The van der Waals surface area contributed by atoms with Gasteiger partial charge in [0.1, 0.15) is 11.8 Å². The molecule has 2 heterocycles. The first-order chi connectivity index (χ1) is 15.9. The molecule has 1 aliphatic rings. The predicted octanol–water partition coefficient (Wildman–Crippen LogP) is 3.64. The number of aldehydes is 1. The van der Waals surface area contributed by atoms with Gasteiger partial charge in [-0.3, -0.25) is 9.13 Å². The standard InChI is InChI=1S/C26H29N3O4/c1-6-33-23-13-19-7-8-28-21(20(19)14-22(23)32-5)15-24(29(9-10-30)26(28)31)27-25-17(3)11-16(2)12-18(25)4/h10-15H,6-9H2,1-5H3/b27-24+. The first kappa shape index (κ1) is 22.6. The van der Waals surface area contributed by atoms with Crippen LogP contribution >= 0.6 is 0 Å². The zero-order valence-corrected chi connectivity index (χ0v) is 19.8. The van der Waals surface area contributed by atoms with Gasteiger partial charge in [-0.2, -0.15) is 0 Å². The second-order valence-corrected chi connectivity index (χ2v) is 8.30. The number of rotatable bonds is 6. The third kappa shape index (κ3) is 4.11. The molecule has 0 spiro atoms. The Morgan fingerprint density at radius 2 is 1.79 bits per heavy atom. The molecule has 0 fully saturated rings. The summed E-state index contributed by atoms with van der Waals surface area (Å²) in [7, 11) is 1.60. The number of hydrogen-bond acceptors (Lipinski definition) is 5. The van der Waals surface area contributed by atoms with Crippen molar-refractivity contribution in [1.82, 2.24) is 9.13 Å². The number of methoxy groups -OCH3 is 1. The SMILES string of the molecule is CCOc1cc2c(cc1OC)-c1c/c(=N\c3c(C)cc(C)cc3C)n(CC=O)c(=O)n1CC2. The summed E-state index contributed by atoms with van der Waals surface area (Å²) in [6.45, 7) is 8.98. The fraction of sp³-hybridized carbons (Fsp3) is 0.346. The zero-order valence-electron chi connectivity index (χ0n) is 19.8. The van der Waals surface area contributed by atoms with Crippen LogP contribution in [-0.2, 0) is 24.3 Å². The smallest absolute Gasteiger partial charge is 0.330 e. The minimum atomic E-state index is -0.251. The van der Waals surface area contributed by atoms with E-state index in [1.54, 1.807) is 11.7 Å². The van der Waals surface area contributed by atoms with Gasteiger partial charge in [-0.1, -0.05) is 17.7 Å². The van der Waals surface area contributed by atoms with E-state index in [1.165, 1.54) is 4.57 Å². The molecule has 0 saturated heterocycles. The van der Waals surface area contributed by atoms with Crippen LogP contribution in [0.1, 0.15) is 29.2 Å². The van der Waals surface area contributed by atoms with E-state index in [1.807, 2.05) is 45.9 Å². The molecule has 0 amide bonds. The third-order valence-electron chi connectivity index (χ3n) is 5.98. The van der Waals surface area contributed by atoms with Gasteiger partial charge in [0, 0.05) is 18.2 Å². The molecule has 4 rings (SSSR count). The molecule has 7 heteroatoms. The number of fused-ring (bicyclic) bond motifs is 3. The van der Waals surface area contributed by atoms with Crippen LogP contribution in [0, 0.1) is 20.8 Å². The fourth-order valence-corrected chi connectivity index (χ4v) is 4.57. The first-order valence-electron chi connectivity index (χ1n) is 11.1. The van der Waals surface area contributed by atoms with Crippen molar-refractivity contribution in [2.45, 2.75) is 47.2 Å². The summed E-state index contributed by atoms with van der Waals surface area (Å²) in [5.74, 6) is 1.31. The molecule has 1 aliphatic heterocycles. The van der Waals surface area contributed by atoms with Crippen molar-refractivity contribution in [3.05, 3.63) is 68.6 Å². The second-order valence-electron chi connectivity index (χ2n) is 8.30. The summed E-state index contributed by atoms with van der Waals surface area (Å²) in [5, 5.41) is 0. The number of carbonyl (C=O) groups is 1. The topological polar surface area (TPSA) is 74.8 Å². The summed E-state index contributed by atoms with van der Waals surface area (Å²) in [5.41, 5.74) is 6.95. The molecule has 0 saturated carbocycles. The number of carbonyl (C=O) groups excluding carboxylic acids is 1. The zero-order chi connectivity index (χ0) is 23.7. The molecule has 172 valence electrons. The van der Waals surface area contributed by atoms with Crippen molar-refractivity contribution in [3.8, 4) is 22.8 Å². The van der Waals surface area contributed by atoms with E-state index in [2.05, 4.69) is 12.1 Å². The van der Waals surface area contributed by atoms with Crippen LogP contribution in [0.15, 0.2) is 40.1 Å². The van der Waals surface area contributed by atoms with E-state index < -0.39 is 0 Å². The summed E-state index contributed by atoms with van der Waals surface area (Å²) in [6, 6.07) is 9.93. The van der Waals surface area contributed by atoms with Crippen LogP contribution < -0.4 is 20.7 Å². The Morgan fingerprint density at radius 3 is 2.42 bits per heavy atom. The monoisotopic (exact) mass is 447 g/mol. The third-order valence-corrected chi connectivity index (χ3v) is 5.98. The maximum Gasteiger partial charge on any atom is 0.330 e. The van der Waals surface area contributed by atoms with E-state index in [-0.39, 0.29) is 12.2 Å². The summed E-state index contributed by atoms with van der Waals surface area (Å²) in [6.07, 6.45) is 1.41. The van der Waals surface area contributed by atoms with Gasteiger partial charge in [0.25, 0.3) is 0 Å². The normalized spacial score (nSPS) is 12.8. The Labute approximate surface area is 192 Å². The number of ether oxygens (including phenoxy) is 2. The lowest BCUT2D eigenvalue weighted by atomic mass is 9.97. The molecule has 1 aromatic heterocycles. The fourth-order valence-electron chi connectivity index (χ4n) is 4.57. The highest BCUT2D eigenvalue weighted by Gasteiger charge is 2.22. The first-order valence-corrected chi connectivity index (χ1v) is 11.1. The van der Waals surface area contributed by atoms with Gasteiger partial charge >= 0.3 is 5.69 Å². The number of nitrogens with zero attached hydrogens (tertiary/aromatic N) is 3.